The summed E-state index contributed by atoms with van der Waals surface area (Å²) in [5.74, 6) is 0. The maximum absolute atomic E-state index is 3.96. The van der Waals surface area contributed by atoms with E-state index >= 15 is 0 Å². The van der Waals surface area contributed by atoms with Crippen LogP contribution in [0.1, 0.15) is 6.92 Å². The first-order valence-corrected chi connectivity index (χ1v) is 3.58. The molecule has 0 saturated carbocycles. The van der Waals surface area contributed by atoms with E-state index in [1.807, 2.05) is 6.92 Å². The molecular weight excluding hydrogens is 190 g/mol. The van der Waals surface area contributed by atoms with Crippen LogP contribution >= 0.6 is 15.9 Å². The zero-order chi connectivity index (χ0) is 8.15. The molecule has 0 amide bonds. The van der Waals surface area contributed by atoms with Crippen LogP contribution in [0.3, 0.4) is 0 Å². The maximum atomic E-state index is 3.96. The summed E-state index contributed by atoms with van der Waals surface area (Å²) < 4.78 is 0.736. The fraction of sp³-hybridized carbons (Fsp3) is 0.125. The maximum Gasteiger partial charge on any atom is 0.0788 e. The summed E-state index contributed by atoms with van der Waals surface area (Å²) in [6.07, 6.45) is 1.47. The summed E-state index contributed by atoms with van der Waals surface area (Å²) >= 11 is 3.21. The van der Waals surface area contributed by atoms with Gasteiger partial charge in [-0.05, 0) is 28.4 Å². The van der Waals surface area contributed by atoms with Crippen LogP contribution in [-0.4, -0.2) is 5.71 Å². The van der Waals surface area contributed by atoms with Crippen molar-refractivity contribution >= 4 is 21.6 Å². The summed E-state index contributed by atoms with van der Waals surface area (Å²) in [6.45, 7) is 12.7. The first-order chi connectivity index (χ1) is 4.59. The molecule has 0 aromatic rings. The van der Waals surface area contributed by atoms with Gasteiger partial charge in [-0.1, -0.05) is 19.7 Å². The molecule has 0 atom stereocenters. The SMILES string of the molecule is C=CN=C(C(=C)C)C(=C)Br. The van der Waals surface area contributed by atoms with E-state index in [9.17, 15) is 0 Å². The second-order valence-electron chi connectivity index (χ2n) is 1.85. The van der Waals surface area contributed by atoms with Gasteiger partial charge in [0.05, 0.1) is 5.71 Å². The molecule has 0 bridgehead atoms. The molecule has 10 heavy (non-hydrogen) atoms. The van der Waals surface area contributed by atoms with Gasteiger partial charge in [-0.25, -0.2) is 0 Å². The van der Waals surface area contributed by atoms with Crippen LogP contribution < -0.4 is 0 Å². The number of hydrogen-bond donors (Lipinski definition) is 0. The van der Waals surface area contributed by atoms with Crippen LogP contribution in [0.5, 0.6) is 0 Å². The Hall–Kier alpha value is -0.630. The Kier molecular flexibility index (Phi) is 3.96. The Morgan fingerprint density at radius 1 is 1.50 bits per heavy atom. The van der Waals surface area contributed by atoms with Crippen LogP contribution in [-0.2, 0) is 0 Å². The van der Waals surface area contributed by atoms with Crippen molar-refractivity contribution in [1.29, 1.82) is 0 Å². The van der Waals surface area contributed by atoms with Crippen molar-refractivity contribution in [3.05, 3.63) is 36.0 Å². The van der Waals surface area contributed by atoms with Gasteiger partial charge in [-0.3, -0.25) is 4.99 Å². The standard InChI is InChI=1S/C8H10BrN/c1-5-10-8(6(2)3)7(4)9/h5H,1-2,4H2,3H3. The molecule has 2 heteroatoms. The van der Waals surface area contributed by atoms with Gasteiger partial charge < -0.3 is 0 Å². The summed E-state index contributed by atoms with van der Waals surface area (Å²) in [4.78, 5) is 3.96. The minimum absolute atomic E-state index is 0.736. The first kappa shape index (κ1) is 9.37. The number of halogens is 1. The molecule has 0 rings (SSSR count). The van der Waals surface area contributed by atoms with Crippen molar-refractivity contribution in [2.75, 3.05) is 0 Å². The van der Waals surface area contributed by atoms with Crippen LogP contribution in [0.15, 0.2) is 41.0 Å². The molecule has 0 saturated heterocycles. The minimum atomic E-state index is 0.736. The van der Waals surface area contributed by atoms with Crippen molar-refractivity contribution in [3.63, 3.8) is 0 Å². The largest absolute Gasteiger partial charge is 0.256 e. The highest BCUT2D eigenvalue weighted by Crippen LogP contribution is 2.10. The Morgan fingerprint density at radius 2 is 2.00 bits per heavy atom. The molecule has 0 N–H and O–H groups in total. The molecule has 0 unspecified atom stereocenters. The molecule has 0 fully saturated rings. The van der Waals surface area contributed by atoms with Crippen molar-refractivity contribution in [2.24, 2.45) is 4.99 Å². The van der Waals surface area contributed by atoms with Crippen molar-refractivity contribution in [2.45, 2.75) is 6.92 Å². The van der Waals surface area contributed by atoms with Crippen molar-refractivity contribution < 1.29 is 0 Å². The predicted molar refractivity (Wildman–Crippen MR) is 50.5 cm³/mol. The highest BCUT2D eigenvalue weighted by molar-refractivity contribution is 9.12. The zero-order valence-corrected chi connectivity index (χ0v) is 7.61. The monoisotopic (exact) mass is 199 g/mol. The van der Waals surface area contributed by atoms with Crippen LogP contribution in [0.2, 0.25) is 0 Å². The molecule has 0 spiro atoms. The fourth-order valence-electron chi connectivity index (χ4n) is 0.503. The number of rotatable bonds is 3. The Balaban J connectivity index is 4.58. The number of nitrogens with zero attached hydrogens (tertiary/aromatic N) is 1. The lowest BCUT2D eigenvalue weighted by molar-refractivity contribution is 1.52. The molecule has 0 aliphatic heterocycles. The average molecular weight is 200 g/mol. The summed E-state index contributed by atoms with van der Waals surface area (Å²) in [5.41, 5.74) is 1.64. The number of hydrogen-bond acceptors (Lipinski definition) is 1. The van der Waals surface area contributed by atoms with E-state index in [0.29, 0.717) is 0 Å². The molecule has 0 aromatic heterocycles. The summed E-state index contributed by atoms with van der Waals surface area (Å²) in [7, 11) is 0. The van der Waals surface area contributed by atoms with E-state index in [4.69, 9.17) is 0 Å². The lowest BCUT2D eigenvalue weighted by Crippen LogP contribution is -1.96. The van der Waals surface area contributed by atoms with E-state index in [1.165, 1.54) is 6.20 Å². The average Bonchev–Trinajstić information content (AvgIpc) is 1.81. The lowest BCUT2D eigenvalue weighted by Gasteiger charge is -1.99. The van der Waals surface area contributed by atoms with E-state index in [1.54, 1.807) is 0 Å². The lowest BCUT2D eigenvalue weighted by atomic mass is 10.2. The fourth-order valence-corrected chi connectivity index (χ4v) is 0.944. The van der Waals surface area contributed by atoms with Crippen LogP contribution in [0, 0.1) is 0 Å². The second kappa shape index (κ2) is 4.23. The van der Waals surface area contributed by atoms with Gasteiger partial charge in [-0.15, -0.1) is 0 Å². The zero-order valence-electron chi connectivity index (χ0n) is 6.02. The molecule has 0 aliphatic carbocycles. The predicted octanol–water partition coefficient (Wildman–Crippen LogP) is 3.06. The molecule has 0 aliphatic rings. The van der Waals surface area contributed by atoms with Gasteiger partial charge in [0.2, 0.25) is 0 Å². The van der Waals surface area contributed by atoms with Gasteiger partial charge in [0.25, 0.3) is 0 Å². The van der Waals surface area contributed by atoms with Gasteiger partial charge in [0, 0.05) is 10.7 Å². The van der Waals surface area contributed by atoms with Crippen molar-refractivity contribution in [3.8, 4) is 0 Å². The van der Waals surface area contributed by atoms with Gasteiger partial charge in [-0.2, -0.15) is 0 Å². The van der Waals surface area contributed by atoms with Crippen LogP contribution in [0.25, 0.3) is 0 Å². The van der Waals surface area contributed by atoms with Gasteiger partial charge in [0.15, 0.2) is 0 Å². The molecule has 0 aromatic carbocycles. The smallest absolute Gasteiger partial charge is 0.0788 e. The third-order valence-electron chi connectivity index (χ3n) is 0.882. The van der Waals surface area contributed by atoms with Crippen LogP contribution in [0.4, 0.5) is 0 Å². The Bertz CT molecular complexity index is 185. The first-order valence-electron chi connectivity index (χ1n) is 2.79. The molecular formula is C8H10BrN. The third kappa shape index (κ3) is 2.78. The molecule has 54 valence electrons. The topological polar surface area (TPSA) is 12.4 Å². The quantitative estimate of drug-likeness (QED) is 0.621. The highest BCUT2D eigenvalue weighted by atomic mass is 79.9. The number of allylic oxidation sites excluding steroid dienone is 2. The van der Waals surface area contributed by atoms with Gasteiger partial charge in [0.1, 0.15) is 0 Å². The Morgan fingerprint density at radius 3 is 2.10 bits per heavy atom. The normalized spacial score (nSPS) is 10.8. The van der Waals surface area contributed by atoms with Crippen molar-refractivity contribution in [1.82, 2.24) is 0 Å². The molecule has 0 heterocycles. The Labute approximate surface area is 70.0 Å². The summed E-state index contributed by atoms with van der Waals surface area (Å²) in [5, 5.41) is 0. The van der Waals surface area contributed by atoms with E-state index in [-0.39, 0.29) is 0 Å². The van der Waals surface area contributed by atoms with E-state index in [2.05, 4.69) is 40.7 Å². The number of aliphatic imine (C=N–C) groups is 1. The molecule has 0 radical (unpaired) electrons. The third-order valence-corrected chi connectivity index (χ3v) is 1.26. The molecule has 1 nitrogen and oxygen atoms in total. The minimum Gasteiger partial charge on any atom is -0.256 e. The van der Waals surface area contributed by atoms with Gasteiger partial charge >= 0.3 is 0 Å². The highest BCUT2D eigenvalue weighted by Gasteiger charge is 1.99. The summed E-state index contributed by atoms with van der Waals surface area (Å²) in [6, 6.07) is 0. The van der Waals surface area contributed by atoms with E-state index in [0.717, 1.165) is 15.8 Å². The second-order valence-corrected chi connectivity index (χ2v) is 2.80. The van der Waals surface area contributed by atoms with E-state index < -0.39 is 0 Å².